The van der Waals surface area contributed by atoms with Crippen LogP contribution in [0.1, 0.15) is 25.8 Å². The molecule has 0 heterocycles. The molecule has 0 aliphatic rings. The molecule has 4 heteroatoms. The highest BCUT2D eigenvalue weighted by atomic mass is 79.9. The molecular formula is C14H19BrFNO. The van der Waals surface area contributed by atoms with Crippen LogP contribution in [-0.2, 0) is 11.2 Å². The Bertz CT molecular complexity index is 447. The molecule has 0 amide bonds. The zero-order valence-corrected chi connectivity index (χ0v) is 12.8. The van der Waals surface area contributed by atoms with E-state index in [0.29, 0.717) is 10.0 Å². The summed E-state index contributed by atoms with van der Waals surface area (Å²) in [4.78, 5) is 14.3. The van der Waals surface area contributed by atoms with Crippen LogP contribution in [0.15, 0.2) is 22.7 Å². The number of benzene rings is 1. The van der Waals surface area contributed by atoms with Gasteiger partial charge in [-0.15, -0.1) is 0 Å². The van der Waals surface area contributed by atoms with E-state index in [1.807, 2.05) is 32.8 Å². The normalized spacial score (nSPS) is 14.6. The molecule has 1 aromatic rings. The van der Waals surface area contributed by atoms with Gasteiger partial charge in [0.2, 0.25) is 0 Å². The van der Waals surface area contributed by atoms with Crippen LogP contribution in [0.2, 0.25) is 0 Å². The highest BCUT2D eigenvalue weighted by Gasteiger charge is 2.33. The Morgan fingerprint density at radius 1 is 1.44 bits per heavy atom. The van der Waals surface area contributed by atoms with Gasteiger partial charge in [0, 0.05) is 6.42 Å². The van der Waals surface area contributed by atoms with Gasteiger partial charge in [-0.1, -0.05) is 19.1 Å². The topological polar surface area (TPSA) is 20.3 Å². The zero-order valence-electron chi connectivity index (χ0n) is 11.3. The molecule has 0 fully saturated rings. The van der Waals surface area contributed by atoms with Crippen LogP contribution in [-0.4, -0.2) is 30.3 Å². The lowest BCUT2D eigenvalue weighted by atomic mass is 9.88. The van der Waals surface area contributed by atoms with Crippen molar-refractivity contribution in [1.82, 2.24) is 4.90 Å². The van der Waals surface area contributed by atoms with Gasteiger partial charge in [0.25, 0.3) is 0 Å². The maximum absolute atomic E-state index is 13.4. The second-order valence-corrected chi connectivity index (χ2v) is 5.63. The van der Waals surface area contributed by atoms with E-state index >= 15 is 0 Å². The number of carbonyl (C=O) groups excluding carboxylic acids is 1. The number of nitrogens with zero attached hydrogens (tertiary/aromatic N) is 1. The Kier molecular flexibility index (Phi) is 5.05. The van der Waals surface area contributed by atoms with Crippen molar-refractivity contribution in [3.63, 3.8) is 0 Å². The van der Waals surface area contributed by atoms with Crippen LogP contribution < -0.4 is 0 Å². The third-order valence-corrected chi connectivity index (χ3v) is 4.55. The molecule has 0 aromatic heterocycles. The van der Waals surface area contributed by atoms with Gasteiger partial charge in [0.1, 0.15) is 5.82 Å². The minimum absolute atomic E-state index is 0.0984. The third-order valence-electron chi connectivity index (χ3n) is 3.66. The summed E-state index contributed by atoms with van der Waals surface area (Å²) in [5, 5.41) is 0. The molecule has 0 saturated carbocycles. The highest BCUT2D eigenvalue weighted by Crippen LogP contribution is 2.25. The fraction of sp³-hybridized carbons (Fsp3) is 0.500. The molecule has 100 valence electrons. The number of ketones is 1. The van der Waals surface area contributed by atoms with Crippen molar-refractivity contribution in [3.05, 3.63) is 34.1 Å². The van der Waals surface area contributed by atoms with Gasteiger partial charge in [-0.2, -0.15) is 0 Å². The Balaban J connectivity index is 2.97. The van der Waals surface area contributed by atoms with Gasteiger partial charge in [-0.05, 0) is 55.0 Å². The number of hydrogen-bond donors (Lipinski definition) is 0. The fourth-order valence-corrected chi connectivity index (χ4v) is 2.22. The zero-order chi connectivity index (χ0) is 13.9. The van der Waals surface area contributed by atoms with E-state index in [1.54, 1.807) is 12.1 Å². The molecule has 0 bridgehead atoms. The van der Waals surface area contributed by atoms with Gasteiger partial charge in [0.05, 0.1) is 10.0 Å². The molecule has 1 unspecified atom stereocenters. The Hall–Kier alpha value is -0.740. The van der Waals surface area contributed by atoms with Gasteiger partial charge in [-0.25, -0.2) is 4.39 Å². The van der Waals surface area contributed by atoms with Crippen LogP contribution in [0.5, 0.6) is 0 Å². The fourth-order valence-electron chi connectivity index (χ4n) is 1.81. The number of likely N-dealkylation sites (N-methyl/N-ethyl adjacent to an activating group) is 1. The predicted molar refractivity (Wildman–Crippen MR) is 75.2 cm³/mol. The summed E-state index contributed by atoms with van der Waals surface area (Å²) < 4.78 is 13.8. The molecule has 18 heavy (non-hydrogen) atoms. The first-order valence-electron chi connectivity index (χ1n) is 5.96. The predicted octanol–water partition coefficient (Wildman–Crippen LogP) is 3.43. The monoisotopic (exact) mass is 315 g/mol. The second-order valence-electron chi connectivity index (χ2n) is 4.83. The Labute approximate surface area is 116 Å². The van der Waals surface area contributed by atoms with Crippen molar-refractivity contribution >= 4 is 21.7 Å². The molecule has 1 rings (SSSR count). The lowest BCUT2D eigenvalue weighted by Crippen LogP contribution is -2.48. The first-order valence-corrected chi connectivity index (χ1v) is 6.75. The van der Waals surface area contributed by atoms with Crippen molar-refractivity contribution in [3.8, 4) is 0 Å². The molecule has 0 aliphatic carbocycles. The van der Waals surface area contributed by atoms with E-state index in [0.717, 1.165) is 6.42 Å². The number of hydrogen-bond acceptors (Lipinski definition) is 2. The molecule has 0 radical (unpaired) electrons. The minimum atomic E-state index is -0.508. The van der Waals surface area contributed by atoms with E-state index in [9.17, 15) is 9.18 Å². The third kappa shape index (κ3) is 2.98. The number of halogens is 2. The summed E-state index contributed by atoms with van der Waals surface area (Å²) in [7, 11) is 3.78. The van der Waals surface area contributed by atoms with Gasteiger partial charge in [0.15, 0.2) is 5.78 Å². The molecule has 1 aromatic carbocycles. The SMILES string of the molecule is CCC(C)(C(=O)Cc1cccc(F)c1Br)N(C)C. The van der Waals surface area contributed by atoms with Crippen LogP contribution >= 0.6 is 15.9 Å². The van der Waals surface area contributed by atoms with E-state index < -0.39 is 5.54 Å². The number of carbonyl (C=O) groups is 1. The average Bonchev–Trinajstić information content (AvgIpc) is 2.33. The maximum Gasteiger partial charge on any atom is 0.157 e. The summed E-state index contributed by atoms with van der Waals surface area (Å²) in [6.45, 7) is 3.90. The van der Waals surface area contributed by atoms with Crippen molar-refractivity contribution in [2.24, 2.45) is 0 Å². The lowest BCUT2D eigenvalue weighted by molar-refractivity contribution is -0.128. The summed E-state index contributed by atoms with van der Waals surface area (Å²) in [6.07, 6.45) is 0.965. The summed E-state index contributed by atoms with van der Waals surface area (Å²) in [5.74, 6) is -0.232. The summed E-state index contributed by atoms with van der Waals surface area (Å²) >= 11 is 3.19. The molecule has 0 N–H and O–H groups in total. The van der Waals surface area contributed by atoms with Crippen molar-refractivity contribution in [1.29, 1.82) is 0 Å². The largest absolute Gasteiger partial charge is 0.297 e. The van der Waals surface area contributed by atoms with Crippen LogP contribution in [0.4, 0.5) is 4.39 Å². The molecule has 1 atom stereocenters. The first kappa shape index (κ1) is 15.3. The van der Waals surface area contributed by atoms with Gasteiger partial charge < -0.3 is 0 Å². The number of rotatable bonds is 5. The van der Waals surface area contributed by atoms with Crippen molar-refractivity contribution in [2.45, 2.75) is 32.2 Å². The summed E-state index contributed by atoms with van der Waals surface area (Å²) in [6, 6.07) is 4.78. The maximum atomic E-state index is 13.4. The van der Waals surface area contributed by atoms with Crippen molar-refractivity contribution < 1.29 is 9.18 Å². The summed E-state index contributed by atoms with van der Waals surface area (Å²) in [5.41, 5.74) is 0.188. The highest BCUT2D eigenvalue weighted by molar-refractivity contribution is 9.10. The lowest BCUT2D eigenvalue weighted by Gasteiger charge is -2.34. The number of Topliss-reactive ketones (excluding diaryl/α,β-unsaturated/α-hetero) is 1. The van der Waals surface area contributed by atoms with E-state index in [-0.39, 0.29) is 18.0 Å². The smallest absolute Gasteiger partial charge is 0.157 e. The molecular weight excluding hydrogens is 297 g/mol. The Morgan fingerprint density at radius 2 is 2.06 bits per heavy atom. The second kappa shape index (κ2) is 5.93. The average molecular weight is 316 g/mol. The first-order chi connectivity index (χ1) is 8.32. The van der Waals surface area contributed by atoms with E-state index in [4.69, 9.17) is 0 Å². The van der Waals surface area contributed by atoms with E-state index in [1.165, 1.54) is 6.07 Å². The van der Waals surface area contributed by atoms with Crippen LogP contribution in [0, 0.1) is 5.82 Å². The van der Waals surface area contributed by atoms with E-state index in [2.05, 4.69) is 15.9 Å². The van der Waals surface area contributed by atoms with Crippen LogP contribution in [0.25, 0.3) is 0 Å². The molecule has 2 nitrogen and oxygen atoms in total. The minimum Gasteiger partial charge on any atom is -0.297 e. The quantitative estimate of drug-likeness (QED) is 0.829. The molecule has 0 aliphatic heterocycles. The van der Waals surface area contributed by atoms with Gasteiger partial charge >= 0.3 is 0 Å². The molecule has 0 spiro atoms. The Morgan fingerprint density at radius 3 is 2.56 bits per heavy atom. The van der Waals surface area contributed by atoms with Gasteiger partial charge in [-0.3, -0.25) is 9.69 Å². The van der Waals surface area contributed by atoms with Crippen LogP contribution in [0.3, 0.4) is 0 Å². The molecule has 0 saturated heterocycles. The van der Waals surface area contributed by atoms with Crippen molar-refractivity contribution in [2.75, 3.05) is 14.1 Å². The standard InChI is InChI=1S/C14H19BrFNO/c1-5-14(2,17(3)4)12(18)9-10-7-6-8-11(16)13(10)15/h6-8H,5,9H2,1-4H3.